The van der Waals surface area contributed by atoms with Crippen LogP contribution in [0.15, 0.2) is 60.7 Å². The van der Waals surface area contributed by atoms with Gasteiger partial charge in [-0.2, -0.15) is 0 Å². The molecule has 2 aromatic heterocycles. The van der Waals surface area contributed by atoms with Crippen molar-refractivity contribution in [3.05, 3.63) is 66.3 Å². The Labute approximate surface area is 125 Å². The molecule has 2 N–H and O–H groups in total. The van der Waals surface area contributed by atoms with Gasteiger partial charge in [-0.1, -0.05) is 36.4 Å². The standard InChI is InChI=1S/C18H12N4/c19-18-21-13-8-2-1-7-12(13)17-20-14-9-3-5-11-6-4-10-15(16(11)14)22(17)18/h1-10,19-20H. The molecule has 5 aromatic rings. The lowest BCUT2D eigenvalue weighted by atomic mass is 10.1. The second kappa shape index (κ2) is 3.95. The summed E-state index contributed by atoms with van der Waals surface area (Å²) in [5.74, 6) is 0. The summed E-state index contributed by atoms with van der Waals surface area (Å²) in [4.78, 5) is 7.93. The average molecular weight is 284 g/mol. The Hall–Kier alpha value is -3.14. The van der Waals surface area contributed by atoms with Gasteiger partial charge in [-0.25, -0.2) is 4.98 Å². The van der Waals surface area contributed by atoms with Crippen LogP contribution in [0.4, 0.5) is 0 Å². The zero-order valence-electron chi connectivity index (χ0n) is 11.7. The number of nitrogens with zero attached hydrogens (tertiary/aromatic N) is 2. The fourth-order valence-electron chi connectivity index (χ4n) is 3.26. The Morgan fingerprint density at radius 2 is 1.73 bits per heavy atom. The van der Waals surface area contributed by atoms with Crippen LogP contribution >= 0.6 is 0 Å². The Morgan fingerprint density at radius 1 is 0.909 bits per heavy atom. The molecule has 0 aliphatic carbocycles. The van der Waals surface area contributed by atoms with E-state index in [4.69, 9.17) is 5.41 Å². The number of para-hydroxylation sites is 1. The van der Waals surface area contributed by atoms with E-state index < -0.39 is 0 Å². The van der Waals surface area contributed by atoms with Crippen LogP contribution < -0.4 is 5.62 Å². The minimum absolute atomic E-state index is 0.239. The number of fused-ring (bicyclic) bond motifs is 4. The van der Waals surface area contributed by atoms with E-state index in [0.29, 0.717) is 0 Å². The summed E-state index contributed by atoms with van der Waals surface area (Å²) in [6.45, 7) is 0. The molecule has 0 amide bonds. The third kappa shape index (κ3) is 1.36. The second-order valence-electron chi connectivity index (χ2n) is 5.44. The predicted molar refractivity (Wildman–Crippen MR) is 87.9 cm³/mol. The maximum Gasteiger partial charge on any atom is 0.228 e. The minimum Gasteiger partial charge on any atom is -0.340 e. The number of aromatic nitrogens is 3. The van der Waals surface area contributed by atoms with Gasteiger partial charge in [0.15, 0.2) is 0 Å². The van der Waals surface area contributed by atoms with Gasteiger partial charge in [-0.15, -0.1) is 0 Å². The zero-order chi connectivity index (χ0) is 14.7. The number of benzene rings is 3. The molecule has 0 atom stereocenters. The predicted octanol–water partition coefficient (Wildman–Crippen LogP) is 3.60. The molecule has 0 aliphatic rings. The molecule has 104 valence electrons. The highest BCUT2D eigenvalue weighted by molar-refractivity contribution is 6.09. The number of hydrogen-bond acceptors (Lipinski definition) is 2. The molecule has 4 heteroatoms. The van der Waals surface area contributed by atoms with Crippen molar-refractivity contribution < 1.29 is 0 Å². The number of nitrogens with one attached hydrogen (secondary N) is 2. The summed E-state index contributed by atoms with van der Waals surface area (Å²) in [5, 5.41) is 11.7. The summed E-state index contributed by atoms with van der Waals surface area (Å²) in [5.41, 5.74) is 4.05. The monoisotopic (exact) mass is 284 g/mol. The van der Waals surface area contributed by atoms with Gasteiger partial charge in [0, 0.05) is 16.3 Å². The number of rotatable bonds is 0. The summed E-state index contributed by atoms with van der Waals surface area (Å²) < 4.78 is 1.89. The molecule has 5 rings (SSSR count). The van der Waals surface area contributed by atoms with Gasteiger partial charge in [0.05, 0.1) is 11.0 Å². The van der Waals surface area contributed by atoms with E-state index in [1.54, 1.807) is 0 Å². The highest BCUT2D eigenvalue weighted by atomic mass is 15.1. The van der Waals surface area contributed by atoms with E-state index in [1.807, 2.05) is 40.8 Å². The third-order valence-electron chi connectivity index (χ3n) is 4.20. The molecule has 2 heterocycles. The van der Waals surface area contributed by atoms with Crippen molar-refractivity contribution >= 4 is 38.4 Å². The van der Waals surface area contributed by atoms with Crippen LogP contribution in [0.5, 0.6) is 0 Å². The van der Waals surface area contributed by atoms with Crippen molar-refractivity contribution in [3.63, 3.8) is 0 Å². The molecule has 22 heavy (non-hydrogen) atoms. The molecule has 0 saturated carbocycles. The van der Waals surface area contributed by atoms with Crippen molar-refractivity contribution in [2.45, 2.75) is 0 Å². The van der Waals surface area contributed by atoms with Crippen molar-refractivity contribution in [1.82, 2.24) is 14.4 Å². The quantitative estimate of drug-likeness (QED) is 0.331. The van der Waals surface area contributed by atoms with Crippen LogP contribution in [0.3, 0.4) is 0 Å². The first kappa shape index (κ1) is 11.5. The van der Waals surface area contributed by atoms with Gasteiger partial charge in [-0.3, -0.25) is 9.81 Å². The molecular formula is C18H12N4. The molecule has 0 spiro atoms. The first-order valence-electron chi connectivity index (χ1n) is 7.18. The molecule has 3 aromatic carbocycles. The molecule has 4 nitrogen and oxygen atoms in total. The van der Waals surface area contributed by atoms with Crippen LogP contribution in [-0.4, -0.2) is 14.4 Å². The molecule has 0 unspecified atom stereocenters. The van der Waals surface area contributed by atoms with E-state index in [1.165, 1.54) is 0 Å². The molecule has 0 radical (unpaired) electrons. The first-order chi connectivity index (χ1) is 10.8. The molecule has 0 bridgehead atoms. The van der Waals surface area contributed by atoms with Gasteiger partial charge >= 0.3 is 0 Å². The van der Waals surface area contributed by atoms with Crippen LogP contribution in [0.2, 0.25) is 0 Å². The normalized spacial score (nSPS) is 11.8. The maximum absolute atomic E-state index is 8.35. The maximum atomic E-state index is 8.35. The lowest BCUT2D eigenvalue weighted by Crippen LogP contribution is -2.19. The second-order valence-corrected chi connectivity index (χ2v) is 5.44. The number of hydrogen-bond donors (Lipinski definition) is 2. The molecular weight excluding hydrogens is 272 g/mol. The van der Waals surface area contributed by atoms with Gasteiger partial charge in [0.25, 0.3) is 0 Å². The van der Waals surface area contributed by atoms with Crippen LogP contribution in [-0.2, 0) is 0 Å². The van der Waals surface area contributed by atoms with E-state index >= 15 is 0 Å². The van der Waals surface area contributed by atoms with Gasteiger partial charge in [0.1, 0.15) is 5.65 Å². The summed E-state index contributed by atoms with van der Waals surface area (Å²) in [7, 11) is 0. The molecule has 0 saturated heterocycles. The van der Waals surface area contributed by atoms with E-state index in [0.717, 1.165) is 38.4 Å². The number of H-pyrrole nitrogens is 1. The van der Waals surface area contributed by atoms with Crippen LogP contribution in [0.1, 0.15) is 0 Å². The lowest BCUT2D eigenvalue weighted by Gasteiger charge is -2.13. The third-order valence-corrected chi connectivity index (χ3v) is 4.20. The van der Waals surface area contributed by atoms with E-state index in [9.17, 15) is 0 Å². The Balaban J connectivity index is 2.23. The summed E-state index contributed by atoms with van der Waals surface area (Å²) >= 11 is 0. The highest BCUT2D eigenvalue weighted by Crippen LogP contribution is 2.27. The van der Waals surface area contributed by atoms with Crippen LogP contribution in [0.25, 0.3) is 38.4 Å². The highest BCUT2D eigenvalue weighted by Gasteiger charge is 2.10. The zero-order valence-corrected chi connectivity index (χ0v) is 11.7. The van der Waals surface area contributed by atoms with Crippen molar-refractivity contribution in [3.8, 4) is 0 Å². The lowest BCUT2D eigenvalue weighted by molar-refractivity contribution is 0.945. The van der Waals surface area contributed by atoms with E-state index in [-0.39, 0.29) is 5.62 Å². The summed E-state index contributed by atoms with van der Waals surface area (Å²) in [6.07, 6.45) is 0. The van der Waals surface area contributed by atoms with Crippen molar-refractivity contribution in [2.75, 3.05) is 0 Å². The topological polar surface area (TPSA) is 56.9 Å². The smallest absolute Gasteiger partial charge is 0.228 e. The van der Waals surface area contributed by atoms with Gasteiger partial charge in [-0.05, 0) is 29.7 Å². The Kier molecular flexibility index (Phi) is 2.07. The first-order valence-corrected chi connectivity index (χ1v) is 7.18. The SMILES string of the molecule is N=c1nc2ccccc2c2[nH]c3cccc4cccc(c43)n12. The van der Waals surface area contributed by atoms with Gasteiger partial charge in [0.2, 0.25) is 5.62 Å². The molecule has 0 aliphatic heterocycles. The van der Waals surface area contributed by atoms with Gasteiger partial charge < -0.3 is 4.98 Å². The average Bonchev–Trinajstić information content (AvgIpc) is 2.55. The largest absolute Gasteiger partial charge is 0.340 e. The fraction of sp³-hybridized carbons (Fsp3) is 0. The Morgan fingerprint density at radius 3 is 2.64 bits per heavy atom. The molecule has 0 fully saturated rings. The van der Waals surface area contributed by atoms with Crippen LogP contribution in [0, 0.1) is 5.41 Å². The van der Waals surface area contributed by atoms with Crippen molar-refractivity contribution in [2.24, 2.45) is 0 Å². The van der Waals surface area contributed by atoms with Crippen molar-refractivity contribution in [1.29, 1.82) is 5.41 Å². The number of aromatic amines is 1. The van der Waals surface area contributed by atoms with E-state index in [2.05, 4.69) is 34.2 Å². The fourth-order valence-corrected chi connectivity index (χ4v) is 3.26. The minimum atomic E-state index is 0.239. The Bertz CT molecular complexity index is 1240. The summed E-state index contributed by atoms with van der Waals surface area (Å²) in [6, 6.07) is 20.3.